The van der Waals surface area contributed by atoms with E-state index in [1.165, 1.54) is 0 Å². The van der Waals surface area contributed by atoms with Crippen molar-refractivity contribution in [3.05, 3.63) is 48.5 Å². The Morgan fingerprint density at radius 2 is 1.77 bits per heavy atom. The molecule has 2 aromatic carbocycles. The fourth-order valence-corrected chi connectivity index (χ4v) is 4.17. The Morgan fingerprint density at radius 1 is 1.06 bits per heavy atom. The van der Waals surface area contributed by atoms with Crippen molar-refractivity contribution in [2.24, 2.45) is 5.92 Å². The summed E-state index contributed by atoms with van der Waals surface area (Å²) < 4.78 is 16.5. The quantitative estimate of drug-likeness (QED) is 0.541. The zero-order valence-corrected chi connectivity index (χ0v) is 19.8. The molecule has 4 rings (SSSR count). The van der Waals surface area contributed by atoms with Crippen LogP contribution in [0.1, 0.15) is 26.2 Å². The van der Waals surface area contributed by atoms with Gasteiger partial charge in [0.25, 0.3) is 5.91 Å². The molecular weight excluding hydrogens is 450 g/mol. The second-order valence-electron chi connectivity index (χ2n) is 8.57. The number of ether oxygens (including phenoxy) is 3. The van der Waals surface area contributed by atoms with Crippen LogP contribution >= 0.6 is 0 Å². The molecule has 0 radical (unpaired) electrons. The fourth-order valence-electron chi connectivity index (χ4n) is 4.17. The van der Waals surface area contributed by atoms with Crippen molar-refractivity contribution in [2.75, 3.05) is 43.1 Å². The number of hydrogen-bond donors (Lipinski definition) is 2. The molecule has 2 aliphatic rings. The molecule has 9 heteroatoms. The minimum Gasteiger partial charge on any atom is -0.494 e. The lowest BCUT2D eigenvalue weighted by molar-refractivity contribution is -0.126. The summed E-state index contributed by atoms with van der Waals surface area (Å²) in [6.07, 6.45) is 2.22. The molecule has 3 amide bonds. The third-order valence-electron chi connectivity index (χ3n) is 5.99. The SMILES string of the molecule is CCOc1ccc(NC(=O)COc2ccc(N3C[C@@H](C(=O)NC[C@@H]4CCCO4)CC3=O)cc2)cc1. The maximum atomic E-state index is 12.5. The van der Waals surface area contributed by atoms with Crippen molar-refractivity contribution in [3.63, 3.8) is 0 Å². The van der Waals surface area contributed by atoms with Crippen LogP contribution in [-0.4, -0.2) is 56.7 Å². The Hall–Kier alpha value is -3.59. The number of benzene rings is 2. The van der Waals surface area contributed by atoms with Crippen LogP contribution in [0.2, 0.25) is 0 Å². The normalized spacial score (nSPS) is 19.5. The van der Waals surface area contributed by atoms with Gasteiger partial charge in [-0.1, -0.05) is 0 Å². The molecule has 2 atom stereocenters. The highest BCUT2D eigenvalue weighted by Gasteiger charge is 2.35. The molecule has 2 aliphatic heterocycles. The highest BCUT2D eigenvalue weighted by atomic mass is 16.5. The van der Waals surface area contributed by atoms with Gasteiger partial charge in [-0.05, 0) is 68.3 Å². The van der Waals surface area contributed by atoms with E-state index in [-0.39, 0.29) is 42.8 Å². The summed E-state index contributed by atoms with van der Waals surface area (Å²) >= 11 is 0. The lowest BCUT2D eigenvalue weighted by Crippen LogP contribution is -2.37. The number of amides is 3. The second-order valence-corrected chi connectivity index (χ2v) is 8.57. The van der Waals surface area contributed by atoms with E-state index in [0.29, 0.717) is 36.8 Å². The van der Waals surface area contributed by atoms with Crippen LogP contribution in [0.4, 0.5) is 11.4 Å². The summed E-state index contributed by atoms with van der Waals surface area (Å²) in [6, 6.07) is 14.0. The molecule has 0 unspecified atom stereocenters. The lowest BCUT2D eigenvalue weighted by atomic mass is 10.1. The zero-order valence-electron chi connectivity index (χ0n) is 19.8. The molecule has 2 heterocycles. The molecule has 35 heavy (non-hydrogen) atoms. The van der Waals surface area contributed by atoms with Gasteiger partial charge in [0.05, 0.1) is 18.6 Å². The maximum Gasteiger partial charge on any atom is 0.262 e. The van der Waals surface area contributed by atoms with Crippen molar-refractivity contribution in [1.82, 2.24) is 5.32 Å². The third-order valence-corrected chi connectivity index (χ3v) is 5.99. The Bertz CT molecular complexity index is 1020. The molecule has 2 saturated heterocycles. The first kappa shape index (κ1) is 24.5. The first-order valence-corrected chi connectivity index (χ1v) is 12.0. The van der Waals surface area contributed by atoms with Crippen molar-refractivity contribution in [3.8, 4) is 11.5 Å². The monoisotopic (exact) mass is 481 g/mol. The molecule has 2 aromatic rings. The predicted molar refractivity (Wildman–Crippen MR) is 131 cm³/mol. The van der Waals surface area contributed by atoms with Crippen LogP contribution in [0.3, 0.4) is 0 Å². The van der Waals surface area contributed by atoms with E-state index in [9.17, 15) is 14.4 Å². The van der Waals surface area contributed by atoms with Crippen molar-refractivity contribution in [2.45, 2.75) is 32.3 Å². The Labute approximate surface area is 204 Å². The smallest absolute Gasteiger partial charge is 0.262 e. The lowest BCUT2D eigenvalue weighted by Gasteiger charge is -2.18. The van der Waals surface area contributed by atoms with Gasteiger partial charge < -0.3 is 29.7 Å². The van der Waals surface area contributed by atoms with Gasteiger partial charge in [0.15, 0.2) is 6.61 Å². The van der Waals surface area contributed by atoms with E-state index in [0.717, 1.165) is 25.2 Å². The van der Waals surface area contributed by atoms with E-state index in [1.807, 2.05) is 6.92 Å². The highest BCUT2D eigenvalue weighted by molar-refractivity contribution is 6.00. The van der Waals surface area contributed by atoms with Gasteiger partial charge in [0.2, 0.25) is 11.8 Å². The molecular formula is C26H31N3O6. The summed E-state index contributed by atoms with van der Waals surface area (Å²) in [7, 11) is 0. The van der Waals surface area contributed by atoms with Crippen LogP contribution in [-0.2, 0) is 19.1 Å². The summed E-state index contributed by atoms with van der Waals surface area (Å²) in [5.74, 6) is 0.369. The van der Waals surface area contributed by atoms with E-state index < -0.39 is 0 Å². The van der Waals surface area contributed by atoms with Crippen molar-refractivity contribution >= 4 is 29.1 Å². The van der Waals surface area contributed by atoms with Gasteiger partial charge in [0.1, 0.15) is 11.5 Å². The number of nitrogens with one attached hydrogen (secondary N) is 2. The Kier molecular flexibility index (Phi) is 8.20. The average molecular weight is 482 g/mol. The molecule has 0 aromatic heterocycles. The van der Waals surface area contributed by atoms with Gasteiger partial charge in [-0.3, -0.25) is 14.4 Å². The van der Waals surface area contributed by atoms with Crippen molar-refractivity contribution < 1.29 is 28.6 Å². The number of carbonyl (C=O) groups excluding carboxylic acids is 3. The molecule has 0 aliphatic carbocycles. The second kappa shape index (κ2) is 11.7. The molecule has 0 spiro atoms. The summed E-state index contributed by atoms with van der Waals surface area (Å²) in [6.45, 7) is 3.90. The molecule has 186 valence electrons. The number of carbonyl (C=O) groups is 3. The standard InChI is InChI=1S/C26H31N3O6/c1-2-33-21-9-5-19(6-10-21)28-24(30)17-35-22-11-7-20(8-12-22)29-16-18(14-25(29)31)26(32)27-15-23-4-3-13-34-23/h5-12,18,23H,2-4,13-17H2,1H3,(H,27,32)(H,28,30)/t18-,23-/m0/s1. The first-order chi connectivity index (χ1) is 17.0. The minimum atomic E-state index is -0.383. The van der Waals surface area contributed by atoms with Gasteiger partial charge in [-0.2, -0.15) is 0 Å². The Balaban J connectivity index is 1.23. The highest BCUT2D eigenvalue weighted by Crippen LogP contribution is 2.27. The van der Waals surface area contributed by atoms with Gasteiger partial charge in [0, 0.05) is 37.5 Å². The van der Waals surface area contributed by atoms with Crippen LogP contribution in [0.25, 0.3) is 0 Å². The van der Waals surface area contributed by atoms with Crippen LogP contribution in [0.5, 0.6) is 11.5 Å². The van der Waals surface area contributed by atoms with Gasteiger partial charge in [-0.15, -0.1) is 0 Å². The van der Waals surface area contributed by atoms with Crippen LogP contribution in [0, 0.1) is 5.92 Å². The number of anilines is 2. The fraction of sp³-hybridized carbons (Fsp3) is 0.423. The van der Waals surface area contributed by atoms with Crippen LogP contribution in [0.15, 0.2) is 48.5 Å². The third kappa shape index (κ3) is 6.73. The summed E-state index contributed by atoms with van der Waals surface area (Å²) in [5.41, 5.74) is 1.34. The Morgan fingerprint density at radius 3 is 2.46 bits per heavy atom. The average Bonchev–Trinajstić information content (AvgIpc) is 3.53. The largest absolute Gasteiger partial charge is 0.494 e. The van der Waals surface area contributed by atoms with E-state index in [2.05, 4.69) is 10.6 Å². The number of hydrogen-bond acceptors (Lipinski definition) is 6. The predicted octanol–water partition coefficient (Wildman–Crippen LogP) is 2.75. The first-order valence-electron chi connectivity index (χ1n) is 12.0. The topological polar surface area (TPSA) is 106 Å². The molecule has 2 fully saturated rings. The van der Waals surface area contributed by atoms with E-state index >= 15 is 0 Å². The number of rotatable bonds is 10. The summed E-state index contributed by atoms with van der Waals surface area (Å²) in [4.78, 5) is 38.8. The maximum absolute atomic E-state index is 12.5. The van der Waals surface area contributed by atoms with E-state index in [4.69, 9.17) is 14.2 Å². The summed E-state index contributed by atoms with van der Waals surface area (Å²) in [5, 5.41) is 5.68. The molecule has 9 nitrogen and oxygen atoms in total. The number of nitrogens with zero attached hydrogens (tertiary/aromatic N) is 1. The molecule has 2 N–H and O–H groups in total. The molecule has 0 bridgehead atoms. The zero-order chi connectivity index (χ0) is 24.6. The van der Waals surface area contributed by atoms with Gasteiger partial charge in [-0.25, -0.2) is 0 Å². The van der Waals surface area contributed by atoms with Crippen molar-refractivity contribution in [1.29, 1.82) is 0 Å². The minimum absolute atomic E-state index is 0.0720. The molecule has 0 saturated carbocycles. The van der Waals surface area contributed by atoms with Crippen LogP contribution < -0.4 is 25.0 Å². The van der Waals surface area contributed by atoms with E-state index in [1.54, 1.807) is 53.4 Å². The van der Waals surface area contributed by atoms with Gasteiger partial charge >= 0.3 is 0 Å².